The Balaban J connectivity index is 0. The van der Waals surface area contributed by atoms with Crippen molar-refractivity contribution in [2.75, 3.05) is 0 Å². The summed E-state index contributed by atoms with van der Waals surface area (Å²) in [6, 6.07) is 0. The minimum absolute atomic E-state index is 0. The number of nitrogens with zero attached hydrogens (tertiary/aromatic N) is 2. The van der Waals surface area contributed by atoms with Crippen LogP contribution in [0.1, 0.15) is 7.12 Å². The summed E-state index contributed by atoms with van der Waals surface area (Å²) < 4.78 is 0. The zero-order valence-corrected chi connectivity index (χ0v) is 6.47. The van der Waals surface area contributed by atoms with Gasteiger partial charge in [-0.3, -0.25) is 0 Å². The molecule has 0 saturated heterocycles. The molecule has 0 spiro atoms. The molecule has 0 amide bonds. The Morgan fingerprint density at radius 2 is 2.57 bits per heavy atom. The van der Waals surface area contributed by atoms with E-state index in [9.17, 15) is 0 Å². The van der Waals surface area contributed by atoms with Crippen LogP contribution in [0.2, 0.25) is 0 Å². The van der Waals surface area contributed by atoms with E-state index in [4.69, 9.17) is 0 Å². The molecule has 1 heterocycles. The molecule has 1 rings (SSSR count). The Kier molecular flexibility index (Phi) is 3.25. The minimum atomic E-state index is 0. The van der Waals surface area contributed by atoms with Crippen molar-refractivity contribution in [1.82, 2.24) is 15.4 Å². The summed E-state index contributed by atoms with van der Waals surface area (Å²) in [5.74, 6) is 0. The number of hydrogen-bond acceptors (Lipinski definition) is 2. The van der Waals surface area contributed by atoms with Gasteiger partial charge in [-0.25, -0.2) is 0 Å². The molecule has 0 bridgehead atoms. The largest absolute Gasteiger partial charge is 1.00 e. The molecule has 0 aliphatic carbocycles. The van der Waals surface area contributed by atoms with Crippen LogP contribution in [-0.4, -0.2) is 15.4 Å². The fraction of sp³-hybridized carbons (Fsp3) is 0.333. The average molecular weight is 107 g/mol. The number of H-pyrrole nitrogens is 1. The van der Waals surface area contributed by atoms with Gasteiger partial charge in [-0.2, -0.15) is 15.4 Å². The fourth-order valence-corrected chi connectivity index (χ4v) is 0.259. The summed E-state index contributed by atoms with van der Waals surface area (Å²) in [6.07, 6.45) is 1.67. The van der Waals surface area contributed by atoms with Crippen LogP contribution in [0, 0.1) is 6.92 Å². The first kappa shape index (κ1) is 7.14. The maximum absolute atomic E-state index is 3.68. The van der Waals surface area contributed by atoms with Gasteiger partial charge in [0.25, 0.3) is 0 Å². The van der Waals surface area contributed by atoms with Crippen molar-refractivity contribution in [3.05, 3.63) is 11.9 Å². The van der Waals surface area contributed by atoms with Crippen LogP contribution in [0.15, 0.2) is 6.20 Å². The van der Waals surface area contributed by atoms with E-state index in [0.29, 0.717) is 0 Å². The zero-order valence-electron chi connectivity index (χ0n) is 5.47. The van der Waals surface area contributed by atoms with Gasteiger partial charge in [-0.15, -0.1) is 0 Å². The summed E-state index contributed by atoms with van der Waals surface area (Å²) in [6.45, 7) is 1.88. The van der Waals surface area contributed by atoms with E-state index in [1.807, 2.05) is 6.92 Å². The van der Waals surface area contributed by atoms with Gasteiger partial charge in [0.15, 0.2) is 0 Å². The van der Waals surface area contributed by atoms with Gasteiger partial charge in [0.2, 0.25) is 0 Å². The molecule has 1 N–H and O–H groups in total. The average Bonchev–Trinajstić information content (AvgIpc) is 1.86. The quantitative estimate of drug-likeness (QED) is 0.365. The molecule has 0 aromatic carbocycles. The number of aromatic nitrogens is 3. The number of aryl methyl sites for hydroxylation is 1. The standard InChI is InChI=1S/C3H5N3.Na.H/c1-3-2-4-6-5-3;;/h2H,1H3,(H,4,5,6);;/q;+1;-1. The maximum atomic E-state index is 3.68. The molecule has 34 valence electrons. The van der Waals surface area contributed by atoms with Crippen LogP contribution >= 0.6 is 0 Å². The third kappa shape index (κ3) is 2.06. The van der Waals surface area contributed by atoms with Crippen LogP contribution < -0.4 is 29.6 Å². The van der Waals surface area contributed by atoms with E-state index in [2.05, 4.69) is 15.4 Å². The number of aromatic amines is 1. The van der Waals surface area contributed by atoms with Gasteiger partial charge in [0.05, 0.1) is 11.9 Å². The van der Waals surface area contributed by atoms with Gasteiger partial charge < -0.3 is 1.43 Å². The van der Waals surface area contributed by atoms with Gasteiger partial charge in [-0.05, 0) is 6.92 Å². The molecular formula is C3H6N3Na. The van der Waals surface area contributed by atoms with Crippen molar-refractivity contribution >= 4 is 0 Å². The summed E-state index contributed by atoms with van der Waals surface area (Å²) in [5, 5.41) is 9.70. The molecule has 0 atom stereocenters. The first-order valence-electron chi connectivity index (χ1n) is 1.72. The predicted octanol–water partition coefficient (Wildman–Crippen LogP) is -2.77. The van der Waals surface area contributed by atoms with E-state index in [1.54, 1.807) is 6.20 Å². The van der Waals surface area contributed by atoms with Gasteiger partial charge in [-0.1, -0.05) is 0 Å². The molecule has 0 radical (unpaired) electrons. The van der Waals surface area contributed by atoms with E-state index >= 15 is 0 Å². The first-order valence-corrected chi connectivity index (χ1v) is 1.72. The normalized spacial score (nSPS) is 7.57. The monoisotopic (exact) mass is 107 g/mol. The molecule has 7 heavy (non-hydrogen) atoms. The van der Waals surface area contributed by atoms with Gasteiger partial charge >= 0.3 is 29.6 Å². The molecule has 1 aromatic rings. The second-order valence-corrected chi connectivity index (χ2v) is 1.11. The summed E-state index contributed by atoms with van der Waals surface area (Å²) in [5.41, 5.74) is 0.926. The fourth-order valence-electron chi connectivity index (χ4n) is 0.259. The third-order valence-corrected chi connectivity index (χ3v) is 0.535. The van der Waals surface area contributed by atoms with Crippen LogP contribution in [-0.2, 0) is 0 Å². The molecule has 4 heteroatoms. The van der Waals surface area contributed by atoms with Crippen molar-refractivity contribution in [3.8, 4) is 0 Å². The SMILES string of the molecule is Cc1cn[nH]n1.[H-].[Na+]. The maximum Gasteiger partial charge on any atom is 1.00 e. The molecule has 3 nitrogen and oxygen atoms in total. The topological polar surface area (TPSA) is 41.6 Å². The molecule has 0 aliphatic rings. The number of hydrogen-bond donors (Lipinski definition) is 1. The van der Waals surface area contributed by atoms with E-state index in [1.165, 1.54) is 0 Å². The van der Waals surface area contributed by atoms with E-state index in [0.717, 1.165) is 5.69 Å². The van der Waals surface area contributed by atoms with Crippen molar-refractivity contribution < 1.29 is 31.0 Å². The van der Waals surface area contributed by atoms with Gasteiger partial charge in [0.1, 0.15) is 0 Å². The molecular weight excluding hydrogens is 101 g/mol. The molecule has 0 unspecified atom stereocenters. The Morgan fingerprint density at radius 1 is 1.86 bits per heavy atom. The Labute approximate surface area is 65.3 Å². The minimum Gasteiger partial charge on any atom is -1.00 e. The Hall–Kier alpha value is 0.140. The second-order valence-electron chi connectivity index (χ2n) is 1.11. The van der Waals surface area contributed by atoms with Crippen LogP contribution in [0.4, 0.5) is 0 Å². The summed E-state index contributed by atoms with van der Waals surface area (Å²) in [4.78, 5) is 0. The zero-order chi connectivity index (χ0) is 4.41. The van der Waals surface area contributed by atoms with Crippen molar-refractivity contribution in [2.45, 2.75) is 6.92 Å². The third-order valence-electron chi connectivity index (χ3n) is 0.535. The second kappa shape index (κ2) is 3.18. The van der Waals surface area contributed by atoms with Crippen LogP contribution in [0.25, 0.3) is 0 Å². The molecule has 0 saturated carbocycles. The van der Waals surface area contributed by atoms with Crippen molar-refractivity contribution in [3.63, 3.8) is 0 Å². The van der Waals surface area contributed by atoms with Gasteiger partial charge in [0, 0.05) is 0 Å². The van der Waals surface area contributed by atoms with Crippen molar-refractivity contribution in [1.29, 1.82) is 0 Å². The Bertz CT molecular complexity index is 118. The first-order chi connectivity index (χ1) is 2.89. The smallest absolute Gasteiger partial charge is 1.00 e. The van der Waals surface area contributed by atoms with Crippen LogP contribution in [0.3, 0.4) is 0 Å². The Morgan fingerprint density at radius 3 is 2.71 bits per heavy atom. The van der Waals surface area contributed by atoms with E-state index < -0.39 is 0 Å². The number of nitrogens with one attached hydrogen (secondary N) is 1. The van der Waals surface area contributed by atoms with Crippen molar-refractivity contribution in [2.24, 2.45) is 0 Å². The molecule has 1 aromatic heterocycles. The summed E-state index contributed by atoms with van der Waals surface area (Å²) >= 11 is 0. The molecule has 0 fully saturated rings. The predicted molar refractivity (Wildman–Crippen MR) is 22.2 cm³/mol. The molecule has 0 aliphatic heterocycles. The van der Waals surface area contributed by atoms with E-state index in [-0.39, 0.29) is 31.0 Å². The summed E-state index contributed by atoms with van der Waals surface area (Å²) in [7, 11) is 0. The van der Waals surface area contributed by atoms with Crippen LogP contribution in [0.5, 0.6) is 0 Å². The number of rotatable bonds is 0.